The number of aromatic hydroxyl groups is 1. The van der Waals surface area contributed by atoms with E-state index in [1.165, 1.54) is 12.1 Å². The monoisotopic (exact) mass is 509 g/mol. The highest BCUT2D eigenvalue weighted by molar-refractivity contribution is 5.94. The first-order valence-electron chi connectivity index (χ1n) is 11.4. The van der Waals surface area contributed by atoms with E-state index >= 15 is 0 Å². The van der Waals surface area contributed by atoms with Gasteiger partial charge in [-0.2, -0.15) is 0 Å². The Labute approximate surface area is 208 Å². The lowest BCUT2D eigenvalue weighted by molar-refractivity contribution is -0.143. The van der Waals surface area contributed by atoms with E-state index in [0.29, 0.717) is 5.56 Å². The number of primary amides is 1. The Morgan fingerprint density at radius 2 is 1.42 bits per heavy atom. The number of aliphatic hydroxyl groups excluding tert-OH is 1. The summed E-state index contributed by atoms with van der Waals surface area (Å²) >= 11 is 0. The van der Waals surface area contributed by atoms with Crippen LogP contribution in [0.4, 0.5) is 0 Å². The Bertz CT molecular complexity index is 922. The highest BCUT2D eigenvalue weighted by Crippen LogP contribution is 2.12. The molecule has 13 nitrogen and oxygen atoms in total. The summed E-state index contributed by atoms with van der Waals surface area (Å²) in [4.78, 5) is 60.3. The van der Waals surface area contributed by atoms with Crippen molar-refractivity contribution in [1.29, 1.82) is 0 Å². The van der Waals surface area contributed by atoms with E-state index < -0.39 is 60.4 Å². The fraction of sp³-hybridized carbons (Fsp3) is 0.522. The van der Waals surface area contributed by atoms with Gasteiger partial charge in [-0.1, -0.05) is 26.0 Å². The molecule has 0 saturated carbocycles. The van der Waals surface area contributed by atoms with Gasteiger partial charge >= 0.3 is 5.97 Å². The summed E-state index contributed by atoms with van der Waals surface area (Å²) in [7, 11) is 0. The molecule has 0 saturated heterocycles. The molecular weight excluding hydrogens is 474 g/mol. The number of nitrogens with one attached hydrogen (secondary N) is 3. The average molecular weight is 510 g/mol. The molecular formula is C23H35N5O8. The Morgan fingerprint density at radius 1 is 0.889 bits per heavy atom. The zero-order chi connectivity index (χ0) is 27.4. The average Bonchev–Trinajstić information content (AvgIpc) is 2.80. The van der Waals surface area contributed by atoms with Crippen LogP contribution in [0.5, 0.6) is 5.75 Å². The minimum absolute atomic E-state index is 0.0408. The van der Waals surface area contributed by atoms with E-state index in [1.54, 1.807) is 12.1 Å². The Hall–Kier alpha value is -3.71. The van der Waals surface area contributed by atoms with Gasteiger partial charge in [-0.25, -0.2) is 4.79 Å². The Morgan fingerprint density at radius 3 is 1.92 bits per heavy atom. The van der Waals surface area contributed by atoms with E-state index in [0.717, 1.165) is 0 Å². The number of aliphatic carboxylic acids is 1. The summed E-state index contributed by atoms with van der Waals surface area (Å²) in [5, 5.41) is 35.2. The number of amides is 4. The number of carbonyl (C=O) groups excluding carboxylic acids is 4. The van der Waals surface area contributed by atoms with Crippen molar-refractivity contribution < 1.29 is 39.3 Å². The number of phenolic OH excluding ortho intramolecular Hbond substituents is 1. The molecule has 200 valence electrons. The molecule has 1 aromatic carbocycles. The normalized spacial score (nSPS) is 14.2. The lowest BCUT2D eigenvalue weighted by atomic mass is 10.0. The van der Waals surface area contributed by atoms with Gasteiger partial charge in [0.25, 0.3) is 0 Å². The second-order valence-electron chi connectivity index (χ2n) is 8.82. The Balaban J connectivity index is 2.84. The summed E-state index contributed by atoms with van der Waals surface area (Å²) in [6.45, 7) is 2.78. The summed E-state index contributed by atoms with van der Waals surface area (Å²) < 4.78 is 0. The number of hydrogen-bond donors (Lipinski definition) is 8. The van der Waals surface area contributed by atoms with Gasteiger partial charge in [0.2, 0.25) is 23.6 Å². The van der Waals surface area contributed by atoms with Gasteiger partial charge in [-0.3, -0.25) is 19.2 Å². The zero-order valence-corrected chi connectivity index (χ0v) is 20.3. The molecule has 10 N–H and O–H groups in total. The van der Waals surface area contributed by atoms with Crippen LogP contribution in [0, 0.1) is 5.92 Å². The lowest BCUT2D eigenvalue weighted by Gasteiger charge is -2.25. The molecule has 0 fully saturated rings. The number of nitrogens with two attached hydrogens (primary N) is 2. The predicted octanol–water partition coefficient (Wildman–Crippen LogP) is -1.90. The fourth-order valence-electron chi connectivity index (χ4n) is 3.24. The van der Waals surface area contributed by atoms with Crippen molar-refractivity contribution in [2.75, 3.05) is 6.61 Å². The minimum atomic E-state index is -1.51. The smallest absolute Gasteiger partial charge is 0.326 e. The van der Waals surface area contributed by atoms with Gasteiger partial charge < -0.3 is 42.7 Å². The number of rotatable bonds is 15. The van der Waals surface area contributed by atoms with Crippen molar-refractivity contribution in [3.63, 3.8) is 0 Å². The molecule has 13 heteroatoms. The summed E-state index contributed by atoms with van der Waals surface area (Å²) in [5.74, 6) is -4.52. The van der Waals surface area contributed by atoms with Crippen molar-refractivity contribution in [1.82, 2.24) is 16.0 Å². The molecule has 0 spiro atoms. The van der Waals surface area contributed by atoms with E-state index in [-0.39, 0.29) is 37.4 Å². The molecule has 0 aromatic heterocycles. The van der Waals surface area contributed by atoms with Crippen molar-refractivity contribution >= 4 is 29.6 Å². The SMILES string of the molecule is CC(C)CC(NC(=O)C(N)Cc1ccc(O)cc1)C(=O)NC(CO)C(=O)NC(CCC(N)=O)C(=O)O. The Kier molecular flexibility index (Phi) is 12.3. The van der Waals surface area contributed by atoms with Crippen molar-refractivity contribution in [2.45, 2.75) is 63.7 Å². The van der Waals surface area contributed by atoms with Crippen molar-refractivity contribution in [3.8, 4) is 5.75 Å². The lowest BCUT2D eigenvalue weighted by Crippen LogP contribution is -2.58. The van der Waals surface area contributed by atoms with Gasteiger partial charge in [0.15, 0.2) is 0 Å². The van der Waals surface area contributed by atoms with Crippen molar-refractivity contribution in [3.05, 3.63) is 29.8 Å². The standard InChI is InChI=1S/C23H35N5O8/c1-12(2)9-17(27-20(32)15(24)10-13-3-5-14(30)6-4-13)21(33)28-18(11-29)22(34)26-16(23(35)36)7-8-19(25)31/h3-6,12,15-18,29-30H,7-11,24H2,1-2H3,(H2,25,31)(H,26,34)(H,27,32)(H,28,33)(H,35,36). The first-order valence-corrected chi connectivity index (χ1v) is 11.4. The highest BCUT2D eigenvalue weighted by Gasteiger charge is 2.30. The number of benzene rings is 1. The third-order valence-corrected chi connectivity index (χ3v) is 5.18. The number of carboxylic acids is 1. The topological polar surface area (TPSA) is 234 Å². The minimum Gasteiger partial charge on any atom is -0.508 e. The number of hydrogen-bond acceptors (Lipinski definition) is 8. The number of carboxylic acid groups (broad SMARTS) is 1. The van der Waals surface area contributed by atoms with Crippen LogP contribution < -0.4 is 27.4 Å². The van der Waals surface area contributed by atoms with Crippen LogP contribution in [0.15, 0.2) is 24.3 Å². The number of aliphatic hydroxyl groups is 1. The van der Waals surface area contributed by atoms with Gasteiger partial charge in [-0.15, -0.1) is 0 Å². The maximum absolute atomic E-state index is 12.9. The summed E-state index contributed by atoms with van der Waals surface area (Å²) in [5.41, 5.74) is 11.7. The quantitative estimate of drug-likeness (QED) is 0.132. The van der Waals surface area contributed by atoms with E-state index in [4.69, 9.17) is 11.5 Å². The first kappa shape index (κ1) is 30.3. The van der Waals surface area contributed by atoms with Gasteiger partial charge in [0, 0.05) is 6.42 Å². The van der Waals surface area contributed by atoms with E-state index in [2.05, 4.69) is 16.0 Å². The molecule has 0 bridgehead atoms. The summed E-state index contributed by atoms with van der Waals surface area (Å²) in [6, 6.07) is 1.07. The maximum atomic E-state index is 12.9. The van der Waals surface area contributed by atoms with Crippen LogP contribution >= 0.6 is 0 Å². The van der Waals surface area contributed by atoms with Crippen LogP contribution in [0.1, 0.15) is 38.7 Å². The van der Waals surface area contributed by atoms with Crippen LogP contribution in [-0.2, 0) is 30.4 Å². The third kappa shape index (κ3) is 10.7. The summed E-state index contributed by atoms with van der Waals surface area (Å²) in [6.07, 6.45) is -0.223. The number of phenols is 1. The molecule has 0 radical (unpaired) electrons. The second kappa shape index (κ2) is 14.6. The molecule has 36 heavy (non-hydrogen) atoms. The van der Waals surface area contributed by atoms with Gasteiger partial charge in [-0.05, 0) is 42.9 Å². The third-order valence-electron chi connectivity index (χ3n) is 5.18. The molecule has 0 aliphatic carbocycles. The molecule has 0 heterocycles. The van der Waals surface area contributed by atoms with Crippen LogP contribution in [0.3, 0.4) is 0 Å². The van der Waals surface area contributed by atoms with E-state index in [9.17, 15) is 39.3 Å². The first-order chi connectivity index (χ1) is 16.8. The second-order valence-corrected chi connectivity index (χ2v) is 8.82. The largest absolute Gasteiger partial charge is 0.508 e. The van der Waals surface area contributed by atoms with Crippen LogP contribution in [0.2, 0.25) is 0 Å². The molecule has 0 aliphatic heterocycles. The molecule has 1 rings (SSSR count). The fourth-order valence-corrected chi connectivity index (χ4v) is 3.24. The molecule has 1 aromatic rings. The predicted molar refractivity (Wildman–Crippen MR) is 128 cm³/mol. The van der Waals surface area contributed by atoms with Crippen LogP contribution in [-0.4, -0.2) is 75.7 Å². The highest BCUT2D eigenvalue weighted by atomic mass is 16.4. The zero-order valence-electron chi connectivity index (χ0n) is 20.3. The van der Waals surface area contributed by atoms with Gasteiger partial charge in [0.05, 0.1) is 12.6 Å². The van der Waals surface area contributed by atoms with Crippen molar-refractivity contribution in [2.24, 2.45) is 17.4 Å². The molecule has 4 amide bonds. The molecule has 4 atom stereocenters. The van der Waals surface area contributed by atoms with Gasteiger partial charge in [0.1, 0.15) is 23.9 Å². The maximum Gasteiger partial charge on any atom is 0.326 e. The number of carbonyl (C=O) groups is 5. The van der Waals surface area contributed by atoms with Crippen LogP contribution in [0.25, 0.3) is 0 Å². The van der Waals surface area contributed by atoms with E-state index in [1.807, 2.05) is 13.8 Å². The molecule has 0 aliphatic rings. The molecule has 4 unspecified atom stereocenters.